The number of hydrogen-bond acceptors (Lipinski definition) is 4. The highest BCUT2D eigenvalue weighted by atomic mass is 127. The Labute approximate surface area is 204 Å². The third kappa shape index (κ3) is 6.18. The van der Waals surface area contributed by atoms with Crippen LogP contribution in [0.2, 0.25) is 0 Å². The number of nitrogens with one attached hydrogen (secondary N) is 3. The SMILES string of the molecule is CCOc1c(OC)cc(CNC(=NC)NCCc2c[nH]c3cc(F)ccc23)cc1OC.I. The molecule has 0 aliphatic rings. The van der Waals surface area contributed by atoms with Gasteiger partial charge in [0.1, 0.15) is 5.82 Å². The van der Waals surface area contributed by atoms with Crippen LogP contribution < -0.4 is 24.8 Å². The van der Waals surface area contributed by atoms with Gasteiger partial charge in [0.2, 0.25) is 5.75 Å². The Morgan fingerprint density at radius 1 is 1.09 bits per heavy atom. The maximum atomic E-state index is 13.4. The number of methoxy groups -OCH3 is 2. The average Bonchev–Trinajstić information content (AvgIpc) is 3.18. The van der Waals surface area contributed by atoms with Gasteiger partial charge in [-0.05, 0) is 54.8 Å². The summed E-state index contributed by atoms with van der Waals surface area (Å²) >= 11 is 0. The van der Waals surface area contributed by atoms with Gasteiger partial charge in [0, 0.05) is 37.2 Å². The number of ether oxygens (including phenoxy) is 3. The molecule has 3 aromatic rings. The Bertz CT molecular complexity index is 1030. The molecule has 2 aromatic carbocycles. The molecule has 3 rings (SSSR count). The van der Waals surface area contributed by atoms with Crippen LogP contribution in [0.4, 0.5) is 4.39 Å². The maximum absolute atomic E-state index is 13.4. The molecule has 0 radical (unpaired) electrons. The highest BCUT2D eigenvalue weighted by Gasteiger charge is 2.14. The van der Waals surface area contributed by atoms with E-state index in [1.807, 2.05) is 25.3 Å². The second-order valence-corrected chi connectivity index (χ2v) is 6.87. The number of hydrogen-bond donors (Lipinski definition) is 3. The molecule has 9 heteroatoms. The highest BCUT2D eigenvalue weighted by molar-refractivity contribution is 14.0. The molecule has 0 aliphatic heterocycles. The molecule has 0 bridgehead atoms. The van der Waals surface area contributed by atoms with E-state index < -0.39 is 0 Å². The van der Waals surface area contributed by atoms with Crippen molar-refractivity contribution in [2.75, 3.05) is 34.4 Å². The van der Waals surface area contributed by atoms with Gasteiger partial charge in [-0.15, -0.1) is 24.0 Å². The molecule has 0 amide bonds. The quantitative estimate of drug-likeness (QED) is 0.209. The molecule has 1 aromatic heterocycles. The molecule has 0 atom stereocenters. The summed E-state index contributed by atoms with van der Waals surface area (Å²) in [6.45, 7) is 3.65. The van der Waals surface area contributed by atoms with Crippen LogP contribution in [0.25, 0.3) is 10.9 Å². The van der Waals surface area contributed by atoms with Crippen LogP contribution in [0.1, 0.15) is 18.1 Å². The summed E-state index contributed by atoms with van der Waals surface area (Å²) in [5.41, 5.74) is 2.90. The van der Waals surface area contributed by atoms with E-state index in [-0.39, 0.29) is 29.8 Å². The lowest BCUT2D eigenvalue weighted by Gasteiger charge is -2.16. The number of benzene rings is 2. The number of nitrogens with zero attached hydrogens (tertiary/aromatic N) is 1. The first-order valence-electron chi connectivity index (χ1n) is 10.2. The second kappa shape index (κ2) is 12.4. The molecule has 0 aliphatic carbocycles. The van der Waals surface area contributed by atoms with Crippen LogP contribution in [0.3, 0.4) is 0 Å². The molecule has 32 heavy (non-hydrogen) atoms. The first kappa shape index (κ1) is 25.6. The Balaban J connectivity index is 0.00000363. The Hall–Kier alpha value is -2.69. The number of aromatic amines is 1. The van der Waals surface area contributed by atoms with Crippen molar-refractivity contribution in [2.24, 2.45) is 4.99 Å². The second-order valence-electron chi connectivity index (χ2n) is 6.87. The third-order valence-corrected chi connectivity index (χ3v) is 4.91. The van der Waals surface area contributed by atoms with Crippen LogP contribution in [0.5, 0.6) is 17.2 Å². The van der Waals surface area contributed by atoms with Crippen molar-refractivity contribution >= 4 is 40.8 Å². The number of H-pyrrole nitrogens is 1. The molecule has 0 saturated heterocycles. The first-order chi connectivity index (χ1) is 15.1. The van der Waals surface area contributed by atoms with Crippen molar-refractivity contribution < 1.29 is 18.6 Å². The van der Waals surface area contributed by atoms with E-state index in [9.17, 15) is 4.39 Å². The number of rotatable bonds is 9. The summed E-state index contributed by atoms with van der Waals surface area (Å²) in [7, 11) is 4.94. The van der Waals surface area contributed by atoms with Crippen molar-refractivity contribution in [1.29, 1.82) is 0 Å². The van der Waals surface area contributed by atoms with Crippen molar-refractivity contribution in [3.8, 4) is 17.2 Å². The van der Waals surface area contributed by atoms with Gasteiger partial charge in [-0.2, -0.15) is 0 Å². The van der Waals surface area contributed by atoms with Gasteiger partial charge < -0.3 is 29.8 Å². The van der Waals surface area contributed by atoms with Crippen LogP contribution in [-0.4, -0.2) is 45.4 Å². The van der Waals surface area contributed by atoms with Crippen molar-refractivity contribution in [3.63, 3.8) is 0 Å². The van der Waals surface area contributed by atoms with E-state index in [4.69, 9.17) is 14.2 Å². The van der Waals surface area contributed by atoms with E-state index in [2.05, 4.69) is 20.6 Å². The van der Waals surface area contributed by atoms with Gasteiger partial charge in [0.15, 0.2) is 17.5 Å². The lowest BCUT2D eigenvalue weighted by atomic mass is 10.1. The van der Waals surface area contributed by atoms with E-state index in [1.165, 1.54) is 12.1 Å². The smallest absolute Gasteiger partial charge is 0.203 e. The van der Waals surface area contributed by atoms with Crippen LogP contribution in [0.15, 0.2) is 41.5 Å². The lowest BCUT2D eigenvalue weighted by Crippen LogP contribution is -2.37. The number of fused-ring (bicyclic) bond motifs is 1. The number of guanidine groups is 1. The van der Waals surface area contributed by atoms with Gasteiger partial charge in [0.05, 0.1) is 20.8 Å². The summed E-state index contributed by atoms with van der Waals surface area (Å²) in [5, 5.41) is 7.63. The summed E-state index contributed by atoms with van der Waals surface area (Å²) in [4.78, 5) is 7.39. The Kier molecular flexibility index (Phi) is 9.89. The monoisotopic (exact) mass is 556 g/mol. The molecule has 0 fully saturated rings. The maximum Gasteiger partial charge on any atom is 0.203 e. The van der Waals surface area contributed by atoms with Gasteiger partial charge in [-0.25, -0.2) is 4.39 Å². The molecule has 1 heterocycles. The lowest BCUT2D eigenvalue weighted by molar-refractivity contribution is 0.288. The summed E-state index contributed by atoms with van der Waals surface area (Å²) in [5.74, 6) is 2.27. The minimum Gasteiger partial charge on any atom is -0.493 e. The topological polar surface area (TPSA) is 79.9 Å². The largest absolute Gasteiger partial charge is 0.493 e. The van der Waals surface area contributed by atoms with Crippen LogP contribution in [0, 0.1) is 5.82 Å². The van der Waals surface area contributed by atoms with E-state index >= 15 is 0 Å². The van der Waals surface area contributed by atoms with Crippen LogP contribution in [-0.2, 0) is 13.0 Å². The fraction of sp³-hybridized carbons (Fsp3) is 0.348. The summed E-state index contributed by atoms with van der Waals surface area (Å²) in [6.07, 6.45) is 2.69. The minimum atomic E-state index is -0.244. The van der Waals surface area contributed by atoms with Crippen molar-refractivity contribution in [2.45, 2.75) is 19.9 Å². The van der Waals surface area contributed by atoms with Gasteiger partial charge in [0.25, 0.3) is 0 Å². The zero-order valence-electron chi connectivity index (χ0n) is 18.8. The van der Waals surface area contributed by atoms with E-state index in [0.717, 1.165) is 28.5 Å². The average molecular weight is 556 g/mol. The number of aliphatic imine (C=N–C) groups is 1. The zero-order valence-corrected chi connectivity index (χ0v) is 21.1. The van der Waals surface area contributed by atoms with Gasteiger partial charge in [-0.1, -0.05) is 0 Å². The molecular weight excluding hydrogens is 526 g/mol. The fourth-order valence-corrected chi connectivity index (χ4v) is 3.41. The van der Waals surface area contributed by atoms with Gasteiger partial charge >= 0.3 is 0 Å². The summed E-state index contributed by atoms with van der Waals surface area (Å²) in [6, 6.07) is 8.62. The van der Waals surface area contributed by atoms with Crippen LogP contribution >= 0.6 is 24.0 Å². The highest BCUT2D eigenvalue weighted by Crippen LogP contribution is 2.38. The van der Waals surface area contributed by atoms with Crippen molar-refractivity contribution in [1.82, 2.24) is 15.6 Å². The normalized spacial score (nSPS) is 11.1. The molecular formula is C23H30FIN4O3. The standard InChI is InChI=1S/C23H29FN4O3.HI/c1-5-31-22-20(29-3)10-15(11-21(22)30-4)13-28-23(25-2)26-9-8-16-14-27-19-12-17(24)6-7-18(16)19;/h6-7,10-12,14,27H,5,8-9,13H2,1-4H3,(H2,25,26,28);1H. The Morgan fingerprint density at radius 2 is 1.81 bits per heavy atom. The molecule has 7 nitrogen and oxygen atoms in total. The third-order valence-electron chi connectivity index (χ3n) is 4.91. The number of halogens is 2. The predicted octanol–water partition coefficient (Wildman–Crippen LogP) is 4.25. The zero-order chi connectivity index (χ0) is 22.2. The Morgan fingerprint density at radius 3 is 2.44 bits per heavy atom. The molecule has 3 N–H and O–H groups in total. The van der Waals surface area contributed by atoms with Crippen molar-refractivity contribution in [3.05, 3.63) is 53.5 Å². The first-order valence-corrected chi connectivity index (χ1v) is 10.2. The molecule has 0 spiro atoms. The molecule has 174 valence electrons. The molecule has 0 unspecified atom stereocenters. The minimum absolute atomic E-state index is 0. The predicted molar refractivity (Wildman–Crippen MR) is 136 cm³/mol. The van der Waals surface area contributed by atoms with E-state index in [0.29, 0.717) is 42.9 Å². The summed E-state index contributed by atoms with van der Waals surface area (Å²) < 4.78 is 29.9. The number of aromatic nitrogens is 1. The fourth-order valence-electron chi connectivity index (χ4n) is 3.41. The van der Waals surface area contributed by atoms with Gasteiger partial charge in [-0.3, -0.25) is 4.99 Å². The van der Waals surface area contributed by atoms with E-state index in [1.54, 1.807) is 27.3 Å². The molecule has 0 saturated carbocycles.